The Labute approximate surface area is 145 Å². The molecule has 0 unspecified atom stereocenters. The molecule has 10 heteroatoms. The van der Waals surface area contributed by atoms with Crippen molar-refractivity contribution in [3.05, 3.63) is 16.9 Å². The number of Topliss-reactive ketones (excluding diaryl/α,β-unsaturated/α-hetero) is 1. The summed E-state index contributed by atoms with van der Waals surface area (Å²) in [6.07, 6.45) is -4.97. The molecule has 3 nitrogen and oxygen atoms in total. The monoisotopic (exact) mass is 579 g/mol. The highest BCUT2D eigenvalue weighted by atomic mass is 127. The molecule has 1 heterocycles. The molecule has 0 radical (unpaired) electrons. The van der Waals surface area contributed by atoms with Crippen molar-refractivity contribution in [3.63, 3.8) is 0 Å². The summed E-state index contributed by atoms with van der Waals surface area (Å²) in [5.74, 6) is -2.34. The molecule has 0 saturated carbocycles. The largest absolute Gasteiger partial charge is 0.471 e. The summed E-state index contributed by atoms with van der Waals surface area (Å²) in [5.41, 5.74) is 0.879. The molecular weight excluding hydrogens is 577 g/mol. The first-order valence-corrected chi connectivity index (χ1v) is 8.57. The number of carbonyl (C=O) groups is 2. The van der Waals surface area contributed by atoms with Crippen molar-refractivity contribution in [3.8, 4) is 0 Å². The third kappa shape index (κ3) is 2.81. The summed E-state index contributed by atoms with van der Waals surface area (Å²) in [6, 6.07) is -0.983. The smallest absolute Gasteiger partial charge is 0.340 e. The minimum atomic E-state index is -4.97. The Morgan fingerprint density at radius 2 is 1.89 bits per heavy atom. The van der Waals surface area contributed by atoms with E-state index >= 15 is 0 Å². The van der Waals surface area contributed by atoms with E-state index < -0.39 is 23.0 Å². The zero-order chi connectivity index (χ0) is 14.5. The van der Waals surface area contributed by atoms with Gasteiger partial charge in [-0.2, -0.15) is 13.2 Å². The van der Waals surface area contributed by atoms with Crippen molar-refractivity contribution in [2.45, 2.75) is 17.0 Å². The van der Waals surface area contributed by atoms with Crippen molar-refractivity contribution >= 4 is 84.1 Å². The fraction of sp³-hybridized carbons (Fsp3) is 0.333. The van der Waals surface area contributed by atoms with Crippen LogP contribution in [0, 0.1) is 5.77 Å². The van der Waals surface area contributed by atoms with Crippen LogP contribution in [0.25, 0.3) is 0 Å². The van der Waals surface area contributed by atoms with Crippen molar-refractivity contribution in [2.75, 3.05) is 0 Å². The molecule has 0 aromatic carbocycles. The van der Waals surface area contributed by atoms with Gasteiger partial charge in [-0.1, -0.05) is 15.9 Å². The summed E-state index contributed by atoms with van der Waals surface area (Å²) in [4.78, 5) is 22.2. The number of hydrogen-bond acceptors (Lipinski definition) is 3. The summed E-state index contributed by atoms with van der Waals surface area (Å²) in [7, 11) is 0. The van der Waals surface area contributed by atoms with Crippen LogP contribution in [-0.4, -0.2) is 22.7 Å². The van der Waals surface area contributed by atoms with E-state index in [-0.39, 0.29) is 5.78 Å². The maximum Gasteiger partial charge on any atom is 0.471 e. The Balaban J connectivity index is 2.39. The highest BCUT2D eigenvalue weighted by molar-refractivity contribution is 14.1. The van der Waals surface area contributed by atoms with Crippen LogP contribution in [0.1, 0.15) is 22.0 Å². The Morgan fingerprint density at radius 3 is 2.42 bits per heavy atom. The van der Waals surface area contributed by atoms with Gasteiger partial charge in [-0.25, -0.2) is 0 Å². The lowest BCUT2D eigenvalue weighted by Crippen LogP contribution is -2.41. The SMILES string of the molecule is O=C1c2c(I)sc(I)c2[C@@H](NC(=O)C(F)(F)F)[C@@H]1Br. The van der Waals surface area contributed by atoms with E-state index in [0.717, 1.165) is 2.88 Å². The molecular formula is C9H3BrF3I2NO2S. The molecule has 2 rings (SSSR count). The molecule has 0 aliphatic heterocycles. The van der Waals surface area contributed by atoms with Crippen LogP contribution in [0.3, 0.4) is 0 Å². The van der Waals surface area contributed by atoms with E-state index in [1.54, 1.807) is 0 Å². The maximum absolute atomic E-state index is 12.3. The van der Waals surface area contributed by atoms with Gasteiger partial charge < -0.3 is 5.32 Å². The normalized spacial score (nSPS) is 22.5. The summed E-state index contributed by atoms with van der Waals surface area (Å²) >= 11 is 8.30. The van der Waals surface area contributed by atoms with Gasteiger partial charge in [0.15, 0.2) is 5.78 Å². The molecule has 1 amide bonds. The average Bonchev–Trinajstić information content (AvgIpc) is 2.69. The van der Waals surface area contributed by atoms with Gasteiger partial charge in [0.25, 0.3) is 0 Å². The van der Waals surface area contributed by atoms with Crippen LogP contribution in [0.2, 0.25) is 0 Å². The molecule has 2 atom stereocenters. The first-order valence-electron chi connectivity index (χ1n) is 4.68. The Hall–Kier alpha value is 0.570. The Bertz CT molecular complexity index is 575. The van der Waals surface area contributed by atoms with Crippen LogP contribution in [0.15, 0.2) is 0 Å². The predicted molar refractivity (Wildman–Crippen MR) is 83.7 cm³/mol. The van der Waals surface area contributed by atoms with Crippen LogP contribution >= 0.6 is 72.4 Å². The van der Waals surface area contributed by atoms with E-state index in [1.807, 2.05) is 50.5 Å². The molecule has 104 valence electrons. The molecule has 1 aromatic rings. The number of thiophene rings is 1. The van der Waals surface area contributed by atoms with Crippen molar-refractivity contribution in [1.82, 2.24) is 5.32 Å². The Kier molecular flexibility index (Phi) is 4.54. The van der Waals surface area contributed by atoms with Gasteiger partial charge in [0.05, 0.1) is 11.8 Å². The van der Waals surface area contributed by atoms with Gasteiger partial charge in [-0.15, -0.1) is 11.3 Å². The first kappa shape index (κ1) is 15.9. The van der Waals surface area contributed by atoms with Crippen molar-refractivity contribution in [1.29, 1.82) is 0 Å². The standard InChI is InChI=1S/C9H3BrF3I2NO2S/c10-3-4(16-8(18)9(11,12)13)1-2(5(3)17)7(15)19-6(1)14/h3-4H,(H,16,18)/t3-,4+/m0/s1. The number of rotatable bonds is 1. The van der Waals surface area contributed by atoms with Crippen LogP contribution in [0.4, 0.5) is 13.2 Å². The van der Waals surface area contributed by atoms with Crippen LogP contribution in [-0.2, 0) is 4.79 Å². The molecule has 0 spiro atoms. The highest BCUT2D eigenvalue weighted by Gasteiger charge is 2.47. The van der Waals surface area contributed by atoms with Crippen LogP contribution in [0.5, 0.6) is 0 Å². The number of amides is 1. The fourth-order valence-electron chi connectivity index (χ4n) is 1.70. The fourth-order valence-corrected chi connectivity index (χ4v) is 6.88. The second kappa shape index (κ2) is 5.40. The topological polar surface area (TPSA) is 46.2 Å². The quantitative estimate of drug-likeness (QED) is 0.408. The lowest BCUT2D eigenvalue weighted by atomic mass is 10.2. The molecule has 1 aliphatic carbocycles. The molecule has 1 aliphatic rings. The van der Waals surface area contributed by atoms with Gasteiger partial charge in [0, 0.05) is 11.1 Å². The summed E-state index contributed by atoms with van der Waals surface area (Å²) in [6.45, 7) is 0. The van der Waals surface area contributed by atoms with Gasteiger partial charge >= 0.3 is 12.1 Å². The van der Waals surface area contributed by atoms with E-state index in [4.69, 9.17) is 0 Å². The number of nitrogens with one attached hydrogen (secondary N) is 1. The van der Waals surface area contributed by atoms with Gasteiger partial charge in [0.2, 0.25) is 0 Å². The van der Waals surface area contributed by atoms with E-state index in [1.165, 1.54) is 11.3 Å². The van der Waals surface area contributed by atoms with E-state index in [0.29, 0.717) is 14.0 Å². The predicted octanol–water partition coefficient (Wildman–Crippen LogP) is 3.64. The van der Waals surface area contributed by atoms with Crippen molar-refractivity contribution in [2.24, 2.45) is 0 Å². The summed E-state index contributed by atoms with van der Waals surface area (Å²) < 4.78 is 38.3. The van der Waals surface area contributed by atoms with Crippen LogP contribution < -0.4 is 5.32 Å². The second-order valence-corrected chi connectivity index (χ2v) is 9.28. The average molecular weight is 580 g/mol. The van der Waals surface area contributed by atoms with Crippen molar-refractivity contribution < 1.29 is 22.8 Å². The minimum Gasteiger partial charge on any atom is -0.340 e. The zero-order valence-electron chi connectivity index (χ0n) is 8.65. The number of ketones is 1. The molecule has 19 heavy (non-hydrogen) atoms. The number of hydrogen-bond donors (Lipinski definition) is 1. The number of carbonyl (C=O) groups excluding carboxylic acids is 2. The molecule has 0 fully saturated rings. The van der Waals surface area contributed by atoms with E-state index in [9.17, 15) is 22.8 Å². The molecule has 1 N–H and O–H groups in total. The third-order valence-corrected chi connectivity index (χ3v) is 6.67. The lowest BCUT2D eigenvalue weighted by molar-refractivity contribution is -0.174. The molecule has 1 aromatic heterocycles. The van der Waals surface area contributed by atoms with Gasteiger partial charge in [-0.3, -0.25) is 9.59 Å². The molecule has 0 saturated heterocycles. The summed E-state index contributed by atoms with van der Waals surface area (Å²) in [5, 5.41) is 1.88. The Morgan fingerprint density at radius 1 is 1.32 bits per heavy atom. The third-order valence-electron chi connectivity index (χ3n) is 2.50. The second-order valence-electron chi connectivity index (χ2n) is 3.65. The zero-order valence-corrected chi connectivity index (χ0v) is 15.4. The lowest BCUT2D eigenvalue weighted by Gasteiger charge is -2.17. The first-order chi connectivity index (χ1) is 8.64. The number of fused-ring (bicyclic) bond motifs is 1. The molecule has 0 bridgehead atoms. The van der Waals surface area contributed by atoms with Gasteiger partial charge in [0.1, 0.15) is 4.83 Å². The van der Waals surface area contributed by atoms with Gasteiger partial charge in [-0.05, 0) is 45.2 Å². The number of alkyl halides is 4. The highest BCUT2D eigenvalue weighted by Crippen LogP contribution is 2.45. The minimum absolute atomic E-state index is 0.300. The van der Waals surface area contributed by atoms with E-state index in [2.05, 4.69) is 15.9 Å². The maximum atomic E-state index is 12.3. The number of halogens is 6.